The molecule has 0 radical (unpaired) electrons. The van der Waals surface area contributed by atoms with Gasteiger partial charge in [0.05, 0.1) is 29.4 Å². The second-order valence-corrected chi connectivity index (χ2v) is 10.1. The van der Waals surface area contributed by atoms with Crippen molar-refractivity contribution < 1.29 is 9.47 Å². The molecule has 6 rings (SSSR count). The number of hydrogen-bond donors (Lipinski definition) is 2. The summed E-state index contributed by atoms with van der Waals surface area (Å²) in [5.74, 6) is 1.87. The number of tetrazole rings is 1. The summed E-state index contributed by atoms with van der Waals surface area (Å²) in [5, 5.41) is 17.1. The predicted octanol–water partition coefficient (Wildman–Crippen LogP) is 5.55. The van der Waals surface area contributed by atoms with Crippen molar-refractivity contribution >= 4 is 16.7 Å². The zero-order valence-corrected chi connectivity index (χ0v) is 21.1. The van der Waals surface area contributed by atoms with Crippen LogP contribution in [-0.4, -0.2) is 37.0 Å². The number of H-pyrrole nitrogens is 1. The van der Waals surface area contributed by atoms with Crippen LogP contribution in [0.15, 0.2) is 66.9 Å². The maximum atomic E-state index is 5.96. The Balaban J connectivity index is 1.38. The lowest BCUT2D eigenvalue weighted by atomic mass is 9.81. The van der Waals surface area contributed by atoms with Crippen LogP contribution in [0.25, 0.3) is 11.0 Å². The number of fused-ring (bicyclic) bond motifs is 1. The topological polar surface area (TPSA) is 103 Å². The molecular formula is C28H33N7O2. The van der Waals surface area contributed by atoms with Gasteiger partial charge in [0.2, 0.25) is 6.79 Å². The molecule has 9 heteroatoms. The number of hydrogen-bond acceptors (Lipinski definition) is 7. The Morgan fingerprint density at radius 3 is 2.78 bits per heavy atom. The predicted molar refractivity (Wildman–Crippen MR) is 140 cm³/mol. The molecular weight excluding hydrogens is 466 g/mol. The lowest BCUT2D eigenvalue weighted by Gasteiger charge is -2.33. The molecule has 0 bridgehead atoms. The quantitative estimate of drug-likeness (QED) is 0.311. The summed E-state index contributed by atoms with van der Waals surface area (Å²) in [6, 6.07) is 16.9. The molecule has 1 aliphatic heterocycles. The number of aromatic nitrogens is 6. The van der Waals surface area contributed by atoms with Crippen molar-refractivity contribution in [3.63, 3.8) is 0 Å². The van der Waals surface area contributed by atoms with E-state index in [4.69, 9.17) is 9.47 Å². The first-order valence-corrected chi connectivity index (χ1v) is 13.2. The molecule has 3 atom stereocenters. The maximum Gasteiger partial charge on any atom is 0.229 e. The van der Waals surface area contributed by atoms with Gasteiger partial charge < -0.3 is 19.8 Å². The Hall–Kier alpha value is -3.88. The molecule has 1 aliphatic carbocycles. The van der Waals surface area contributed by atoms with Crippen LogP contribution in [0.2, 0.25) is 0 Å². The summed E-state index contributed by atoms with van der Waals surface area (Å²) >= 11 is 0. The number of aromatic amines is 1. The third-order valence-corrected chi connectivity index (χ3v) is 7.78. The molecule has 2 aromatic heterocycles. The largest absolute Gasteiger partial charge is 0.462 e. The Morgan fingerprint density at radius 2 is 1.97 bits per heavy atom. The van der Waals surface area contributed by atoms with Crippen LogP contribution in [0.3, 0.4) is 0 Å². The van der Waals surface area contributed by atoms with Crippen LogP contribution in [0.1, 0.15) is 62.5 Å². The summed E-state index contributed by atoms with van der Waals surface area (Å²) in [4.78, 5) is 7.59. The van der Waals surface area contributed by atoms with Gasteiger partial charge in [-0.2, -0.15) is 0 Å². The number of benzene rings is 2. The van der Waals surface area contributed by atoms with Crippen molar-refractivity contribution in [3.05, 3.63) is 78.3 Å². The Morgan fingerprint density at radius 1 is 1.11 bits per heavy atom. The van der Waals surface area contributed by atoms with Crippen molar-refractivity contribution in [3.8, 4) is 0 Å². The fourth-order valence-corrected chi connectivity index (χ4v) is 5.72. The number of anilines is 1. The Labute approximate surface area is 216 Å². The number of nitrogens with zero attached hydrogens (tertiary/aromatic N) is 5. The summed E-state index contributed by atoms with van der Waals surface area (Å²) in [6.45, 7) is 2.50. The van der Waals surface area contributed by atoms with Crippen LogP contribution in [0.5, 0.6) is 0 Å². The number of nitrogens with one attached hydrogen (secondary N) is 2. The molecule has 0 amide bonds. The van der Waals surface area contributed by atoms with Gasteiger partial charge in [-0.1, -0.05) is 56.5 Å². The van der Waals surface area contributed by atoms with Gasteiger partial charge in [0, 0.05) is 11.6 Å². The second-order valence-electron chi connectivity index (χ2n) is 10.1. The molecule has 0 saturated heterocycles. The van der Waals surface area contributed by atoms with E-state index in [-0.39, 0.29) is 24.7 Å². The van der Waals surface area contributed by atoms with Crippen molar-refractivity contribution in [1.29, 1.82) is 0 Å². The molecule has 3 unspecified atom stereocenters. The highest BCUT2D eigenvalue weighted by atomic mass is 16.7. The molecule has 192 valence electrons. The minimum Gasteiger partial charge on any atom is -0.462 e. The van der Waals surface area contributed by atoms with Crippen molar-refractivity contribution in [1.82, 2.24) is 30.2 Å². The van der Waals surface area contributed by atoms with E-state index in [0.717, 1.165) is 47.6 Å². The molecule has 2 N–H and O–H groups in total. The van der Waals surface area contributed by atoms with E-state index in [9.17, 15) is 0 Å². The van der Waals surface area contributed by atoms with Crippen LogP contribution in [0.4, 0.5) is 5.69 Å². The van der Waals surface area contributed by atoms with E-state index in [1.807, 2.05) is 12.1 Å². The average molecular weight is 500 g/mol. The smallest absolute Gasteiger partial charge is 0.229 e. The number of ether oxygens (including phenoxy) is 2. The second kappa shape index (κ2) is 10.6. The minimum atomic E-state index is -0.156. The van der Waals surface area contributed by atoms with E-state index in [1.54, 1.807) is 12.6 Å². The summed E-state index contributed by atoms with van der Waals surface area (Å²) in [7, 11) is 0. The molecule has 0 spiro atoms. The SMILES string of the molecule is CC(C(Cc1ccccc1)C1=COCO1)C(Nc1ccc2nc[nH]c2c1)c1nnnn1C1CCCCC1. The van der Waals surface area contributed by atoms with Gasteiger partial charge >= 0.3 is 0 Å². The standard InChI is InChI=1S/C28H33N7O2/c1-19(23(26-16-36-18-37-26)14-20-8-4-2-5-9-20)27(31-21-12-13-24-25(15-21)30-17-29-24)28-32-33-34-35(28)22-10-6-3-7-11-22/h2,4-5,8-9,12-13,15-17,19,22-23,27,31H,3,6-7,10-11,14,18H2,1H3,(H,29,30). The van der Waals surface area contributed by atoms with Crippen LogP contribution >= 0.6 is 0 Å². The van der Waals surface area contributed by atoms with Gasteiger partial charge in [-0.15, -0.1) is 5.10 Å². The Kier molecular flexibility index (Phi) is 6.75. The van der Waals surface area contributed by atoms with Gasteiger partial charge in [0.1, 0.15) is 12.0 Å². The summed E-state index contributed by atoms with van der Waals surface area (Å²) in [6.07, 6.45) is 10.2. The van der Waals surface area contributed by atoms with Crippen molar-refractivity contribution in [2.24, 2.45) is 11.8 Å². The Bertz CT molecular complexity index is 1340. The molecule has 4 aromatic rings. The molecule has 2 aliphatic rings. The monoisotopic (exact) mass is 499 g/mol. The van der Waals surface area contributed by atoms with E-state index in [1.165, 1.54) is 24.8 Å². The first kappa shape index (κ1) is 23.5. The number of allylic oxidation sites excluding steroid dienone is 1. The van der Waals surface area contributed by atoms with Gasteiger partial charge in [-0.05, 0) is 59.4 Å². The van der Waals surface area contributed by atoms with Gasteiger partial charge in [0.15, 0.2) is 5.82 Å². The fraction of sp³-hybridized carbons (Fsp3) is 0.429. The van der Waals surface area contributed by atoms with E-state index in [0.29, 0.717) is 6.04 Å². The number of imidazole rings is 1. The molecule has 1 fully saturated rings. The summed E-state index contributed by atoms with van der Waals surface area (Å²) < 4.78 is 13.5. The molecule has 37 heavy (non-hydrogen) atoms. The minimum absolute atomic E-state index is 0.0646. The van der Waals surface area contributed by atoms with Crippen LogP contribution in [0, 0.1) is 11.8 Å². The lowest BCUT2D eigenvalue weighted by molar-refractivity contribution is 0.0640. The third kappa shape index (κ3) is 5.03. The molecule has 9 nitrogen and oxygen atoms in total. The highest BCUT2D eigenvalue weighted by molar-refractivity contribution is 5.78. The van der Waals surface area contributed by atoms with E-state index >= 15 is 0 Å². The van der Waals surface area contributed by atoms with Crippen molar-refractivity contribution in [2.75, 3.05) is 12.1 Å². The number of rotatable bonds is 9. The summed E-state index contributed by atoms with van der Waals surface area (Å²) in [5.41, 5.74) is 4.16. The zero-order chi connectivity index (χ0) is 25.0. The van der Waals surface area contributed by atoms with Gasteiger partial charge in [-0.3, -0.25) is 0 Å². The fourth-order valence-electron chi connectivity index (χ4n) is 5.72. The highest BCUT2D eigenvalue weighted by Gasteiger charge is 2.36. The highest BCUT2D eigenvalue weighted by Crippen LogP contribution is 2.39. The third-order valence-electron chi connectivity index (χ3n) is 7.78. The van der Waals surface area contributed by atoms with E-state index < -0.39 is 0 Å². The van der Waals surface area contributed by atoms with Crippen LogP contribution < -0.4 is 5.32 Å². The first-order chi connectivity index (χ1) is 18.3. The molecule has 1 saturated carbocycles. The maximum absolute atomic E-state index is 5.96. The molecule has 3 heterocycles. The van der Waals surface area contributed by atoms with Gasteiger partial charge in [-0.25, -0.2) is 9.67 Å². The molecule has 2 aromatic carbocycles. The van der Waals surface area contributed by atoms with E-state index in [2.05, 4.69) is 78.8 Å². The zero-order valence-electron chi connectivity index (χ0n) is 21.1. The first-order valence-electron chi connectivity index (χ1n) is 13.2. The van der Waals surface area contributed by atoms with Crippen LogP contribution in [-0.2, 0) is 15.9 Å². The average Bonchev–Trinajstić information content (AvgIpc) is 3.73. The van der Waals surface area contributed by atoms with Gasteiger partial charge in [0.25, 0.3) is 0 Å². The lowest BCUT2D eigenvalue weighted by Crippen LogP contribution is -2.31. The van der Waals surface area contributed by atoms with Crippen molar-refractivity contribution in [2.45, 2.75) is 57.5 Å². The normalized spacial score (nSPS) is 18.6.